The summed E-state index contributed by atoms with van der Waals surface area (Å²) in [5.41, 5.74) is 2.15. The molecule has 2 bridgehead atoms. The van der Waals surface area contributed by atoms with Crippen molar-refractivity contribution in [3.05, 3.63) is 46.9 Å². The predicted octanol–water partition coefficient (Wildman–Crippen LogP) is 5.07. The highest BCUT2D eigenvalue weighted by Gasteiger charge is 2.42. The summed E-state index contributed by atoms with van der Waals surface area (Å²) in [7, 11) is 1.71. The maximum Gasteiger partial charge on any atom is 0.410 e. The number of carbonyl (C=O) groups excluding carboxylic acids is 2. The van der Waals surface area contributed by atoms with Crippen molar-refractivity contribution in [3.8, 4) is 11.5 Å². The van der Waals surface area contributed by atoms with Gasteiger partial charge in [0.15, 0.2) is 5.82 Å². The lowest BCUT2D eigenvalue weighted by atomic mass is 10.0. The minimum absolute atomic E-state index is 0.0995. The number of pyridine rings is 2. The van der Waals surface area contributed by atoms with Crippen LogP contribution in [0.15, 0.2) is 24.3 Å². The van der Waals surface area contributed by atoms with E-state index in [2.05, 4.69) is 33.5 Å². The molecule has 0 spiro atoms. The van der Waals surface area contributed by atoms with E-state index in [1.54, 1.807) is 11.9 Å². The number of aromatic nitrogens is 5. The smallest absolute Gasteiger partial charge is 0.410 e. The summed E-state index contributed by atoms with van der Waals surface area (Å²) in [4.78, 5) is 42.7. The van der Waals surface area contributed by atoms with Gasteiger partial charge in [0.05, 0.1) is 24.3 Å². The molecular weight excluding hydrogens is 544 g/mol. The summed E-state index contributed by atoms with van der Waals surface area (Å²) in [5.74, 6) is 2.96. The van der Waals surface area contributed by atoms with Gasteiger partial charge in [0.1, 0.15) is 28.8 Å². The lowest BCUT2D eigenvalue weighted by Gasteiger charge is -2.27. The monoisotopic (exact) mass is 584 g/mol. The van der Waals surface area contributed by atoms with Crippen molar-refractivity contribution in [2.45, 2.75) is 109 Å². The van der Waals surface area contributed by atoms with E-state index < -0.39 is 11.7 Å². The number of carbonyl (C=O) groups is 2. The Hall–Kier alpha value is -4.02. The fourth-order valence-corrected chi connectivity index (χ4v) is 7.22. The van der Waals surface area contributed by atoms with Gasteiger partial charge in [-0.05, 0) is 84.9 Å². The molecule has 0 radical (unpaired) electrons. The lowest BCUT2D eigenvalue weighted by Crippen LogP contribution is -2.34. The average Bonchev–Trinajstić information content (AvgIpc) is 3.77. The zero-order chi connectivity index (χ0) is 30.3. The average molecular weight is 585 g/mol. The van der Waals surface area contributed by atoms with Gasteiger partial charge in [-0.25, -0.2) is 14.8 Å². The Morgan fingerprint density at radius 1 is 1.07 bits per heavy atom. The molecule has 0 saturated carbocycles. The molecule has 4 aliphatic heterocycles. The first kappa shape index (κ1) is 27.8. The number of amides is 2. The second-order valence-electron chi connectivity index (χ2n) is 14.0. The number of ether oxygens (including phenoxy) is 1. The minimum atomic E-state index is -0.611. The third-order valence-electron chi connectivity index (χ3n) is 9.33. The highest BCUT2D eigenvalue weighted by Crippen LogP contribution is 2.42. The Labute approximate surface area is 252 Å². The zero-order valence-corrected chi connectivity index (χ0v) is 25.9. The van der Waals surface area contributed by atoms with E-state index in [1.165, 1.54) is 4.90 Å². The summed E-state index contributed by atoms with van der Waals surface area (Å²) in [6.45, 7) is 10.5. The molecule has 0 aromatic carbocycles. The molecule has 11 heteroatoms. The van der Waals surface area contributed by atoms with Crippen molar-refractivity contribution < 1.29 is 14.3 Å². The van der Waals surface area contributed by atoms with Crippen LogP contribution in [0.25, 0.3) is 11.5 Å². The topological polar surface area (TPSA) is 110 Å². The van der Waals surface area contributed by atoms with Crippen LogP contribution in [0.1, 0.15) is 94.2 Å². The van der Waals surface area contributed by atoms with Crippen LogP contribution < -0.4 is 9.80 Å². The maximum absolute atomic E-state index is 14.1. The summed E-state index contributed by atoms with van der Waals surface area (Å²) in [6.07, 6.45) is 6.06. The molecule has 0 atom stereocenters. The van der Waals surface area contributed by atoms with Crippen molar-refractivity contribution in [1.29, 1.82) is 0 Å². The minimum Gasteiger partial charge on any atom is -0.444 e. The first-order valence-electron chi connectivity index (χ1n) is 15.4. The summed E-state index contributed by atoms with van der Waals surface area (Å²) in [6, 6.07) is 8.57. The van der Waals surface area contributed by atoms with Gasteiger partial charge in [0.25, 0.3) is 5.91 Å². The van der Waals surface area contributed by atoms with Gasteiger partial charge in [-0.2, -0.15) is 0 Å². The van der Waals surface area contributed by atoms with E-state index in [1.807, 2.05) is 45.0 Å². The molecule has 4 aliphatic rings. The van der Waals surface area contributed by atoms with Crippen molar-refractivity contribution in [3.63, 3.8) is 0 Å². The lowest BCUT2D eigenvalue weighted by molar-refractivity contribution is 0.0282. The Morgan fingerprint density at radius 2 is 1.79 bits per heavy atom. The summed E-state index contributed by atoms with van der Waals surface area (Å²) in [5, 5.41) is 8.90. The standard InChI is InChI=1S/C32H40N8O3/c1-31(2,3)43-30(42)37(6)18-24-22-17-38(29(41)21(22)16-27(34-24)39-19-10-11-20(39)13-12-19)25-9-7-8-23(33-25)28-36-35-26-14-15-32(4,5)40(26)28/h7-9,16,19-20H,10-15,17-18H2,1-6H3. The number of fused-ring (bicyclic) bond motifs is 4. The quantitative estimate of drug-likeness (QED) is 0.409. The number of rotatable bonds is 5. The molecule has 7 heterocycles. The van der Waals surface area contributed by atoms with Crippen LogP contribution in [0, 0.1) is 0 Å². The first-order chi connectivity index (χ1) is 20.4. The van der Waals surface area contributed by atoms with Crippen LogP contribution in [-0.2, 0) is 29.8 Å². The van der Waals surface area contributed by atoms with Gasteiger partial charge in [-0.15, -0.1) is 10.2 Å². The number of hydrogen-bond donors (Lipinski definition) is 0. The molecule has 2 fully saturated rings. The molecule has 226 valence electrons. The SMILES string of the molecule is CN(Cc1nc(N2C3CCC2CC3)cc2c1CN(c1cccc(-c3nnc4n3C(C)(C)CC4)n1)C2=O)C(=O)OC(C)(C)C. The van der Waals surface area contributed by atoms with Gasteiger partial charge in [0.2, 0.25) is 0 Å². The predicted molar refractivity (Wildman–Crippen MR) is 162 cm³/mol. The Kier molecular flexibility index (Phi) is 6.30. The first-order valence-corrected chi connectivity index (χ1v) is 15.4. The van der Waals surface area contributed by atoms with Crippen molar-refractivity contribution >= 4 is 23.6 Å². The van der Waals surface area contributed by atoms with Gasteiger partial charge in [-0.3, -0.25) is 9.69 Å². The molecule has 2 saturated heterocycles. The third kappa shape index (κ3) is 4.73. The molecule has 11 nitrogen and oxygen atoms in total. The fourth-order valence-electron chi connectivity index (χ4n) is 7.22. The zero-order valence-electron chi connectivity index (χ0n) is 25.9. The summed E-state index contributed by atoms with van der Waals surface area (Å²) >= 11 is 0. The molecule has 2 amide bonds. The molecule has 3 aromatic rings. The summed E-state index contributed by atoms with van der Waals surface area (Å²) < 4.78 is 7.79. The molecule has 7 rings (SSSR count). The van der Waals surface area contributed by atoms with Crippen LogP contribution in [0.5, 0.6) is 0 Å². The fraction of sp³-hybridized carbons (Fsp3) is 0.562. The maximum atomic E-state index is 14.1. The highest BCUT2D eigenvalue weighted by atomic mass is 16.6. The van der Waals surface area contributed by atoms with Crippen molar-refractivity contribution in [1.82, 2.24) is 29.6 Å². The van der Waals surface area contributed by atoms with Crippen LogP contribution in [0.4, 0.5) is 16.4 Å². The van der Waals surface area contributed by atoms with Crippen LogP contribution >= 0.6 is 0 Å². The number of anilines is 2. The van der Waals surface area contributed by atoms with Crippen LogP contribution in [0.2, 0.25) is 0 Å². The number of aryl methyl sites for hydroxylation is 1. The Balaban J connectivity index is 1.24. The Bertz CT molecular complexity index is 1600. The van der Waals surface area contributed by atoms with Crippen LogP contribution in [0.3, 0.4) is 0 Å². The molecule has 0 unspecified atom stereocenters. The van der Waals surface area contributed by atoms with E-state index >= 15 is 0 Å². The number of hydrogen-bond acceptors (Lipinski definition) is 8. The second-order valence-corrected chi connectivity index (χ2v) is 14.0. The Morgan fingerprint density at radius 3 is 2.49 bits per heavy atom. The van der Waals surface area contributed by atoms with Gasteiger partial charge < -0.3 is 19.1 Å². The van der Waals surface area contributed by atoms with Crippen LogP contribution in [-0.4, -0.2) is 66.4 Å². The number of nitrogens with zero attached hydrogens (tertiary/aromatic N) is 8. The van der Waals surface area contributed by atoms with Gasteiger partial charge in [-0.1, -0.05) is 6.07 Å². The second kappa shape index (κ2) is 9.75. The third-order valence-corrected chi connectivity index (χ3v) is 9.33. The molecule has 0 aliphatic carbocycles. The van der Waals surface area contributed by atoms with E-state index in [0.717, 1.165) is 67.2 Å². The van der Waals surface area contributed by atoms with E-state index in [-0.39, 0.29) is 18.0 Å². The van der Waals surface area contributed by atoms with Crippen molar-refractivity contribution in [2.75, 3.05) is 16.8 Å². The molecule has 43 heavy (non-hydrogen) atoms. The van der Waals surface area contributed by atoms with E-state index in [4.69, 9.17) is 14.7 Å². The molecular formula is C32H40N8O3. The van der Waals surface area contributed by atoms with Gasteiger partial charge in [0, 0.05) is 36.7 Å². The normalized spacial score (nSPS) is 21.9. The van der Waals surface area contributed by atoms with Crippen molar-refractivity contribution in [2.24, 2.45) is 0 Å². The highest BCUT2D eigenvalue weighted by molar-refractivity contribution is 6.10. The van der Waals surface area contributed by atoms with E-state index in [0.29, 0.717) is 35.7 Å². The molecule has 3 aromatic heterocycles. The van der Waals surface area contributed by atoms with E-state index in [9.17, 15) is 9.59 Å². The largest absolute Gasteiger partial charge is 0.444 e. The van der Waals surface area contributed by atoms with Gasteiger partial charge >= 0.3 is 6.09 Å². The molecule has 0 N–H and O–H groups in total.